The summed E-state index contributed by atoms with van der Waals surface area (Å²) in [5.74, 6) is -4.70. The molecule has 0 saturated carbocycles. The standard InChI is InChI=1S/C37H30BF3N6O6S/c39-24-11-12-46(18-24)54(52,53)45-29-8-7-28(40)32(33(29)41)34(49)27-16-43-35-26(27)13-21(15-42-35)19-1-4-22(5-2-19)38-23-6-3-20-17-47(37(51)25(20)14-23)30-9-10-31(48)44-36(30)50/h1-8,13-16,24,30,38,45H,9-12,17-18H2,(H,42,43)(H,44,48,50)/t24-,30?/m1/s1. The van der Waals surface area contributed by atoms with E-state index in [1.54, 1.807) is 12.3 Å². The number of alkyl halides is 1. The van der Waals surface area contributed by atoms with Crippen molar-refractivity contribution < 1.29 is 40.8 Å². The summed E-state index contributed by atoms with van der Waals surface area (Å²) in [5.41, 5.74) is 3.09. The van der Waals surface area contributed by atoms with Crippen LogP contribution in [0.1, 0.15) is 51.1 Å². The van der Waals surface area contributed by atoms with Crippen molar-refractivity contribution in [3.63, 3.8) is 0 Å². The van der Waals surface area contributed by atoms with Gasteiger partial charge in [0.05, 0.1) is 11.3 Å². The Hall–Kier alpha value is -5.81. The van der Waals surface area contributed by atoms with Crippen LogP contribution in [-0.2, 0) is 26.3 Å². The lowest BCUT2D eigenvalue weighted by Gasteiger charge is -2.29. The van der Waals surface area contributed by atoms with Gasteiger partial charge in [0.1, 0.15) is 23.7 Å². The summed E-state index contributed by atoms with van der Waals surface area (Å²) in [7, 11) is -3.86. The lowest BCUT2D eigenvalue weighted by atomic mass is 9.63. The number of pyridine rings is 1. The Morgan fingerprint density at radius 2 is 1.74 bits per heavy atom. The number of aromatic nitrogens is 2. The van der Waals surface area contributed by atoms with Gasteiger partial charge < -0.3 is 9.88 Å². The first-order chi connectivity index (χ1) is 25.9. The first-order valence-corrected chi connectivity index (χ1v) is 18.6. The van der Waals surface area contributed by atoms with Crippen LogP contribution in [0.15, 0.2) is 73.1 Å². The third-order valence-corrected chi connectivity index (χ3v) is 11.5. The Labute approximate surface area is 307 Å². The second-order valence-corrected chi connectivity index (χ2v) is 15.2. The number of piperidine rings is 1. The first-order valence-electron chi connectivity index (χ1n) is 17.1. The van der Waals surface area contributed by atoms with Crippen LogP contribution in [0.3, 0.4) is 0 Å². The number of carbonyl (C=O) groups is 4. The number of nitrogens with zero attached hydrogens (tertiary/aromatic N) is 3. The van der Waals surface area contributed by atoms with Gasteiger partial charge in [-0.2, -0.15) is 12.7 Å². The summed E-state index contributed by atoms with van der Waals surface area (Å²) in [5, 5.41) is 2.59. The smallest absolute Gasteiger partial charge is 0.301 e. The number of rotatable bonds is 9. The van der Waals surface area contributed by atoms with Crippen LogP contribution in [0, 0.1) is 11.6 Å². The molecule has 2 atom stereocenters. The zero-order valence-electron chi connectivity index (χ0n) is 28.4. The van der Waals surface area contributed by atoms with E-state index in [4.69, 9.17) is 0 Å². The predicted molar refractivity (Wildman–Crippen MR) is 194 cm³/mol. The van der Waals surface area contributed by atoms with Crippen molar-refractivity contribution in [2.24, 2.45) is 0 Å². The highest BCUT2D eigenvalue weighted by molar-refractivity contribution is 7.90. The van der Waals surface area contributed by atoms with Crippen LogP contribution >= 0.6 is 0 Å². The molecule has 54 heavy (non-hydrogen) atoms. The molecule has 12 nitrogen and oxygen atoms in total. The number of anilines is 1. The van der Waals surface area contributed by atoms with Gasteiger partial charge in [-0.15, -0.1) is 0 Å². The maximum Gasteiger partial charge on any atom is 0.301 e. The largest absolute Gasteiger partial charge is 0.345 e. The second kappa shape index (κ2) is 13.6. The number of carbonyl (C=O) groups excluding carboxylic acids is 4. The maximum atomic E-state index is 15.7. The van der Waals surface area contributed by atoms with Crippen molar-refractivity contribution in [3.05, 3.63) is 107 Å². The van der Waals surface area contributed by atoms with Crippen LogP contribution in [0.5, 0.6) is 0 Å². The van der Waals surface area contributed by atoms with Gasteiger partial charge in [-0.3, -0.25) is 29.2 Å². The van der Waals surface area contributed by atoms with Crippen LogP contribution in [0.2, 0.25) is 0 Å². The molecule has 5 aromatic rings. The first kappa shape index (κ1) is 35.2. The highest BCUT2D eigenvalue weighted by Gasteiger charge is 2.39. The molecule has 17 heteroatoms. The summed E-state index contributed by atoms with van der Waals surface area (Å²) in [4.78, 5) is 59.6. The number of amides is 3. The molecule has 3 aromatic carbocycles. The van der Waals surface area contributed by atoms with E-state index in [0.29, 0.717) is 25.0 Å². The van der Waals surface area contributed by atoms with Gasteiger partial charge in [-0.25, -0.2) is 18.2 Å². The third kappa shape index (κ3) is 6.42. The topological polar surface area (TPSA) is 162 Å². The lowest BCUT2D eigenvalue weighted by molar-refractivity contribution is -0.136. The fourth-order valence-corrected chi connectivity index (χ4v) is 8.46. The van der Waals surface area contributed by atoms with Gasteiger partial charge in [-0.1, -0.05) is 53.4 Å². The number of aromatic amines is 1. The van der Waals surface area contributed by atoms with E-state index in [-0.39, 0.29) is 54.2 Å². The zero-order valence-corrected chi connectivity index (χ0v) is 29.2. The van der Waals surface area contributed by atoms with E-state index in [0.717, 1.165) is 38.5 Å². The van der Waals surface area contributed by atoms with Gasteiger partial charge in [-0.05, 0) is 42.2 Å². The number of hydrogen-bond acceptors (Lipinski definition) is 7. The zero-order chi connectivity index (χ0) is 37.9. The third-order valence-electron chi connectivity index (χ3n) is 10.1. The average Bonchev–Trinajstić information content (AvgIpc) is 3.87. The van der Waals surface area contributed by atoms with Gasteiger partial charge in [0.2, 0.25) is 17.6 Å². The van der Waals surface area contributed by atoms with E-state index in [9.17, 15) is 32.0 Å². The number of halogens is 3. The van der Waals surface area contributed by atoms with Crippen LogP contribution in [-0.4, -0.2) is 83.7 Å². The Bertz CT molecular complexity index is 2510. The fourth-order valence-electron chi connectivity index (χ4n) is 7.20. The Balaban J connectivity index is 0.997. The highest BCUT2D eigenvalue weighted by atomic mass is 32.2. The molecule has 0 bridgehead atoms. The molecule has 3 amide bonds. The van der Waals surface area contributed by atoms with Crippen molar-refractivity contribution >= 4 is 68.6 Å². The molecule has 2 saturated heterocycles. The second-order valence-electron chi connectivity index (χ2n) is 13.6. The maximum absolute atomic E-state index is 15.7. The normalized spacial score (nSPS) is 18.9. The van der Waals surface area contributed by atoms with Crippen molar-refractivity contribution in [1.29, 1.82) is 0 Å². The van der Waals surface area contributed by atoms with Crippen LogP contribution < -0.4 is 21.0 Å². The van der Waals surface area contributed by atoms with E-state index >= 15 is 8.78 Å². The van der Waals surface area contributed by atoms with E-state index in [1.807, 2.05) is 47.2 Å². The molecular formula is C37H30BF3N6O6S. The van der Waals surface area contributed by atoms with E-state index in [2.05, 4.69) is 15.3 Å². The monoisotopic (exact) mass is 754 g/mol. The molecule has 3 aliphatic heterocycles. The molecule has 1 unspecified atom stereocenters. The van der Waals surface area contributed by atoms with E-state index < -0.39 is 63.5 Å². The average molecular weight is 755 g/mol. The van der Waals surface area contributed by atoms with Gasteiger partial charge >= 0.3 is 10.2 Å². The van der Waals surface area contributed by atoms with Gasteiger partial charge in [0.25, 0.3) is 5.91 Å². The molecule has 2 fully saturated rings. The summed E-state index contributed by atoms with van der Waals surface area (Å²) < 4.78 is 72.7. The quantitative estimate of drug-likeness (QED) is 0.119. The Kier molecular flexibility index (Phi) is 8.85. The number of ketones is 1. The minimum Gasteiger partial charge on any atom is -0.345 e. The number of H-pyrrole nitrogens is 1. The summed E-state index contributed by atoms with van der Waals surface area (Å²) in [6.45, 7) is -0.214. The summed E-state index contributed by atoms with van der Waals surface area (Å²) >= 11 is 0. The molecule has 0 spiro atoms. The van der Waals surface area contributed by atoms with Gasteiger partial charge in [0, 0.05) is 60.5 Å². The Morgan fingerprint density at radius 3 is 2.48 bits per heavy atom. The molecule has 274 valence electrons. The van der Waals surface area contributed by atoms with E-state index in [1.165, 1.54) is 11.1 Å². The molecule has 8 rings (SSSR count). The number of imide groups is 1. The molecule has 0 radical (unpaired) electrons. The highest BCUT2D eigenvalue weighted by Crippen LogP contribution is 2.31. The molecule has 2 aromatic heterocycles. The minimum absolute atomic E-state index is 0.00826. The molecule has 3 aliphatic rings. The van der Waals surface area contributed by atoms with Crippen molar-refractivity contribution in [1.82, 2.24) is 24.5 Å². The number of fused-ring (bicyclic) bond motifs is 2. The lowest BCUT2D eigenvalue weighted by Crippen LogP contribution is -2.52. The van der Waals surface area contributed by atoms with Crippen LogP contribution in [0.4, 0.5) is 18.9 Å². The predicted octanol–water partition coefficient (Wildman–Crippen LogP) is 2.59. The minimum atomic E-state index is -4.37. The number of benzene rings is 3. The van der Waals surface area contributed by atoms with Crippen LogP contribution in [0.25, 0.3) is 22.2 Å². The molecule has 0 aliphatic carbocycles. The van der Waals surface area contributed by atoms with Gasteiger partial charge in [0.15, 0.2) is 13.1 Å². The number of nitrogens with one attached hydrogen (secondary N) is 3. The van der Waals surface area contributed by atoms with Crippen molar-refractivity contribution in [2.75, 3.05) is 17.8 Å². The Morgan fingerprint density at radius 1 is 0.963 bits per heavy atom. The number of hydrogen-bond donors (Lipinski definition) is 3. The van der Waals surface area contributed by atoms with Crippen molar-refractivity contribution in [2.45, 2.75) is 38.0 Å². The molecular weight excluding hydrogens is 724 g/mol. The SMILES string of the molecule is O=C1CCC(N2Cc3ccc(Bc4ccc(-c5cnc6[nH]cc(C(=O)c7c(F)ccc(NS(=O)(=O)N8CC[C@@H](F)C8)c7F)c6c5)cc4)cc3C2=O)C(=O)N1. The van der Waals surface area contributed by atoms with Crippen molar-refractivity contribution in [3.8, 4) is 11.1 Å². The fraction of sp³-hybridized carbons (Fsp3) is 0.216. The summed E-state index contributed by atoms with van der Waals surface area (Å²) in [6.07, 6.45) is 1.96. The molecule has 3 N–H and O–H groups in total. The molecule has 5 heterocycles. The summed E-state index contributed by atoms with van der Waals surface area (Å²) in [6, 6.07) is 15.8.